The average Bonchev–Trinajstić information content (AvgIpc) is 3.55. The van der Waals surface area contributed by atoms with Gasteiger partial charge in [0.1, 0.15) is 5.78 Å². The normalized spacial score (nSPS) is 22.2. The van der Waals surface area contributed by atoms with E-state index in [2.05, 4.69) is 30.0 Å². The molecule has 0 bridgehead atoms. The van der Waals surface area contributed by atoms with Crippen LogP contribution < -0.4 is 9.47 Å². The molecule has 1 aromatic rings. The first-order valence-corrected chi connectivity index (χ1v) is 15.3. The van der Waals surface area contributed by atoms with Crippen LogP contribution >= 0.6 is 0 Å². The number of piperazine rings is 1. The summed E-state index contributed by atoms with van der Waals surface area (Å²) in [5.41, 5.74) is 1.21. The molecular formula is C32H48N2O5. The van der Waals surface area contributed by atoms with E-state index in [-0.39, 0.29) is 23.8 Å². The Kier molecular flexibility index (Phi) is 11.7. The summed E-state index contributed by atoms with van der Waals surface area (Å²) in [6, 6.07) is 6.12. The monoisotopic (exact) mass is 540 g/mol. The highest BCUT2D eigenvalue weighted by Gasteiger charge is 2.32. The van der Waals surface area contributed by atoms with Gasteiger partial charge in [0.05, 0.1) is 6.10 Å². The van der Waals surface area contributed by atoms with Crippen molar-refractivity contribution in [2.24, 2.45) is 11.8 Å². The van der Waals surface area contributed by atoms with Crippen LogP contribution in [0.15, 0.2) is 30.4 Å². The number of Topliss-reactive ketones (excluding diaryl/α,β-unsaturated/α-hetero) is 1. The first kappa shape index (κ1) is 29.6. The van der Waals surface area contributed by atoms with Gasteiger partial charge in [-0.05, 0) is 49.3 Å². The maximum atomic E-state index is 12.7. The van der Waals surface area contributed by atoms with Crippen molar-refractivity contribution in [2.75, 3.05) is 33.0 Å². The molecule has 2 heterocycles. The minimum absolute atomic E-state index is 0.111. The zero-order valence-corrected chi connectivity index (χ0v) is 23.8. The largest absolute Gasteiger partial charge is 0.454 e. The highest BCUT2D eigenvalue weighted by Crippen LogP contribution is 2.34. The van der Waals surface area contributed by atoms with Crippen LogP contribution in [0.25, 0.3) is 0 Å². The summed E-state index contributed by atoms with van der Waals surface area (Å²) >= 11 is 0. The number of nitrogens with zero attached hydrogens (tertiary/aromatic N) is 2. The van der Waals surface area contributed by atoms with Gasteiger partial charge in [0.2, 0.25) is 12.7 Å². The van der Waals surface area contributed by atoms with E-state index in [0.29, 0.717) is 25.4 Å². The maximum absolute atomic E-state index is 12.7. The van der Waals surface area contributed by atoms with Crippen molar-refractivity contribution in [3.8, 4) is 11.5 Å². The fourth-order valence-corrected chi connectivity index (χ4v) is 6.12. The number of ketones is 1. The van der Waals surface area contributed by atoms with Crippen LogP contribution in [0, 0.1) is 11.8 Å². The third kappa shape index (κ3) is 9.07. The number of hydrogen-bond donors (Lipinski definition) is 1. The van der Waals surface area contributed by atoms with Crippen LogP contribution in [0.4, 0.5) is 0 Å². The molecular weight excluding hydrogens is 492 g/mol. The molecule has 39 heavy (non-hydrogen) atoms. The summed E-state index contributed by atoms with van der Waals surface area (Å²) in [6.07, 6.45) is 15.0. The Hall–Kier alpha value is -2.38. The molecule has 1 saturated heterocycles. The Labute approximate surface area is 234 Å². The van der Waals surface area contributed by atoms with Crippen LogP contribution in [0.2, 0.25) is 0 Å². The molecule has 3 atom stereocenters. The lowest BCUT2D eigenvalue weighted by atomic mass is 9.89. The number of ether oxygens (including phenoxy) is 2. The molecule has 0 radical (unpaired) electrons. The predicted octanol–water partition coefficient (Wildman–Crippen LogP) is 5.49. The molecule has 0 aromatic heterocycles. The third-order valence-electron chi connectivity index (χ3n) is 8.56. The van der Waals surface area contributed by atoms with Gasteiger partial charge < -0.3 is 19.5 Å². The van der Waals surface area contributed by atoms with Crippen molar-refractivity contribution in [3.05, 3.63) is 35.9 Å². The topological polar surface area (TPSA) is 79.3 Å². The molecule has 1 saturated carbocycles. The second kappa shape index (κ2) is 15.4. The lowest BCUT2D eigenvalue weighted by molar-refractivity contribution is -0.133. The molecule has 1 aromatic carbocycles. The summed E-state index contributed by atoms with van der Waals surface area (Å²) < 4.78 is 10.9. The van der Waals surface area contributed by atoms with E-state index in [4.69, 9.17) is 9.47 Å². The Bertz CT molecular complexity index is 956. The fourth-order valence-electron chi connectivity index (χ4n) is 6.12. The van der Waals surface area contributed by atoms with E-state index in [9.17, 15) is 14.7 Å². The van der Waals surface area contributed by atoms with Crippen molar-refractivity contribution in [1.29, 1.82) is 0 Å². The zero-order chi connectivity index (χ0) is 27.5. The summed E-state index contributed by atoms with van der Waals surface area (Å²) in [7, 11) is 0. The van der Waals surface area contributed by atoms with Crippen LogP contribution in [-0.2, 0) is 16.1 Å². The Morgan fingerprint density at radius 2 is 1.85 bits per heavy atom. The summed E-state index contributed by atoms with van der Waals surface area (Å²) in [5, 5.41) is 10.2. The average molecular weight is 541 g/mol. The van der Waals surface area contributed by atoms with E-state index in [1.807, 2.05) is 17.0 Å². The highest BCUT2D eigenvalue weighted by molar-refractivity contribution is 5.83. The van der Waals surface area contributed by atoms with Gasteiger partial charge in [-0.25, -0.2) is 0 Å². The van der Waals surface area contributed by atoms with Crippen molar-refractivity contribution in [3.63, 3.8) is 0 Å². The SMILES string of the molecule is CCCCCC(O)C=CC1CCC(=O)C1CCCCCCC(=O)N1CCN(Cc2ccc3c(c2)OCO3)CC1. The van der Waals surface area contributed by atoms with Crippen LogP contribution in [0.1, 0.15) is 89.5 Å². The van der Waals surface area contributed by atoms with Gasteiger partial charge in [-0.15, -0.1) is 0 Å². The second-order valence-corrected chi connectivity index (χ2v) is 11.5. The van der Waals surface area contributed by atoms with E-state index >= 15 is 0 Å². The van der Waals surface area contributed by atoms with Crippen LogP contribution in [0.5, 0.6) is 11.5 Å². The van der Waals surface area contributed by atoms with Crippen molar-refractivity contribution >= 4 is 11.7 Å². The molecule has 7 nitrogen and oxygen atoms in total. The quantitative estimate of drug-likeness (QED) is 0.234. The molecule has 2 fully saturated rings. The van der Waals surface area contributed by atoms with Crippen molar-refractivity contribution in [2.45, 2.75) is 96.6 Å². The number of hydrogen-bond acceptors (Lipinski definition) is 6. The molecule has 3 aliphatic rings. The number of rotatable bonds is 15. The lowest BCUT2D eigenvalue weighted by Crippen LogP contribution is -2.48. The van der Waals surface area contributed by atoms with E-state index in [1.54, 1.807) is 0 Å². The molecule has 0 spiro atoms. The van der Waals surface area contributed by atoms with Crippen LogP contribution in [0.3, 0.4) is 0 Å². The van der Waals surface area contributed by atoms with Crippen LogP contribution in [-0.4, -0.2) is 65.7 Å². The Morgan fingerprint density at radius 3 is 2.67 bits per heavy atom. The summed E-state index contributed by atoms with van der Waals surface area (Å²) in [5.74, 6) is 2.68. The Balaban J connectivity index is 1.06. The zero-order valence-electron chi connectivity index (χ0n) is 23.8. The Morgan fingerprint density at radius 1 is 1.05 bits per heavy atom. The van der Waals surface area contributed by atoms with E-state index < -0.39 is 0 Å². The van der Waals surface area contributed by atoms with Gasteiger partial charge in [-0.1, -0.05) is 63.7 Å². The first-order chi connectivity index (χ1) is 19.0. The number of unbranched alkanes of at least 4 members (excludes halogenated alkanes) is 5. The second-order valence-electron chi connectivity index (χ2n) is 11.5. The van der Waals surface area contributed by atoms with Crippen molar-refractivity contribution in [1.82, 2.24) is 9.80 Å². The molecule has 2 aliphatic heterocycles. The highest BCUT2D eigenvalue weighted by atomic mass is 16.7. The van der Waals surface area contributed by atoms with Gasteiger partial charge in [-0.3, -0.25) is 14.5 Å². The fraction of sp³-hybridized carbons (Fsp3) is 0.688. The molecule has 1 aliphatic carbocycles. The molecule has 4 rings (SSSR count). The van der Waals surface area contributed by atoms with Gasteiger partial charge in [-0.2, -0.15) is 0 Å². The third-order valence-corrected chi connectivity index (χ3v) is 8.56. The summed E-state index contributed by atoms with van der Waals surface area (Å²) in [4.78, 5) is 29.6. The molecule has 3 unspecified atom stereocenters. The number of carbonyl (C=O) groups is 2. The number of fused-ring (bicyclic) bond motifs is 1. The van der Waals surface area contributed by atoms with Gasteiger partial charge >= 0.3 is 0 Å². The number of benzene rings is 1. The van der Waals surface area contributed by atoms with Gasteiger partial charge in [0.15, 0.2) is 11.5 Å². The van der Waals surface area contributed by atoms with E-state index in [1.165, 1.54) is 5.56 Å². The maximum Gasteiger partial charge on any atom is 0.231 e. The van der Waals surface area contributed by atoms with E-state index in [0.717, 1.165) is 108 Å². The lowest BCUT2D eigenvalue weighted by Gasteiger charge is -2.34. The summed E-state index contributed by atoms with van der Waals surface area (Å²) in [6.45, 7) is 6.68. The number of amides is 1. The minimum Gasteiger partial charge on any atom is -0.454 e. The van der Waals surface area contributed by atoms with Gasteiger partial charge in [0.25, 0.3) is 0 Å². The molecule has 1 N–H and O–H groups in total. The van der Waals surface area contributed by atoms with Crippen molar-refractivity contribution < 1.29 is 24.2 Å². The molecule has 7 heteroatoms. The smallest absolute Gasteiger partial charge is 0.231 e. The predicted molar refractivity (Wildman–Crippen MR) is 153 cm³/mol. The standard InChI is InChI=1S/C32H48N2O5/c1-2-3-6-9-27(35)15-13-26-14-16-29(36)28(26)10-7-4-5-8-11-32(37)34-20-18-33(19-21-34)23-25-12-17-30-31(22-25)39-24-38-30/h12-13,15,17,22,26-28,35H,2-11,14,16,18-21,23-24H2,1H3. The number of aliphatic hydroxyl groups excluding tert-OH is 1. The molecule has 216 valence electrons. The number of aliphatic hydroxyl groups is 1. The minimum atomic E-state index is -0.386. The first-order valence-electron chi connectivity index (χ1n) is 15.3. The number of carbonyl (C=O) groups excluding carboxylic acids is 2. The van der Waals surface area contributed by atoms with Gasteiger partial charge in [0, 0.05) is 51.5 Å². The number of allylic oxidation sites excluding steroid dienone is 1. The molecule has 1 amide bonds.